The molecule has 1 heterocycles. The van der Waals surface area contributed by atoms with Crippen LogP contribution < -0.4 is 5.43 Å². The second-order valence-electron chi connectivity index (χ2n) is 9.09. The van der Waals surface area contributed by atoms with E-state index in [2.05, 4.69) is 60.7 Å². The van der Waals surface area contributed by atoms with Gasteiger partial charge in [0.2, 0.25) is 5.91 Å². The van der Waals surface area contributed by atoms with E-state index in [1.165, 1.54) is 11.1 Å². The molecule has 1 N–H and O–H groups in total. The van der Waals surface area contributed by atoms with Crippen LogP contribution in [0.1, 0.15) is 55.5 Å². The number of hydrogen-bond acceptors (Lipinski definition) is 3. The summed E-state index contributed by atoms with van der Waals surface area (Å²) in [6.45, 7) is 8.47. The third-order valence-corrected chi connectivity index (χ3v) is 6.11. The molecule has 2 aromatic carbocycles. The molecule has 0 bridgehead atoms. The second kappa shape index (κ2) is 8.31. The maximum atomic E-state index is 12.5. The molecule has 31 heavy (non-hydrogen) atoms. The van der Waals surface area contributed by atoms with E-state index < -0.39 is 0 Å². The standard InChI is InChI=1S/C25H27ClN4O/c1-16-22(23(26)30(29-16)19-8-6-5-7-9-19)15-27-28-24(31)21-14-20(21)17-10-12-18(13-11-17)25(2,3)4/h5-13,15,20-21H,14H2,1-4H3,(H,28,31)/b27-15-/t20-,21+/m1/s1. The summed E-state index contributed by atoms with van der Waals surface area (Å²) in [5, 5.41) is 9.09. The highest BCUT2D eigenvalue weighted by Crippen LogP contribution is 2.47. The molecule has 0 aliphatic heterocycles. The molecule has 0 radical (unpaired) electrons. The third kappa shape index (κ3) is 4.57. The van der Waals surface area contributed by atoms with Crippen molar-refractivity contribution in [2.75, 3.05) is 0 Å². The van der Waals surface area contributed by atoms with Crippen molar-refractivity contribution in [1.82, 2.24) is 15.2 Å². The molecule has 2 atom stereocenters. The highest BCUT2D eigenvalue weighted by atomic mass is 35.5. The number of nitrogens with zero attached hydrogens (tertiary/aromatic N) is 3. The predicted molar refractivity (Wildman–Crippen MR) is 125 cm³/mol. The van der Waals surface area contributed by atoms with Crippen molar-refractivity contribution in [3.63, 3.8) is 0 Å². The van der Waals surface area contributed by atoms with Gasteiger partial charge in [0.1, 0.15) is 5.15 Å². The van der Waals surface area contributed by atoms with Gasteiger partial charge in [-0.05, 0) is 47.9 Å². The number of hydrazone groups is 1. The molecule has 1 aromatic heterocycles. The fraction of sp³-hybridized carbons (Fsp3) is 0.320. The minimum Gasteiger partial charge on any atom is -0.273 e. The fourth-order valence-corrected chi connectivity index (χ4v) is 4.05. The second-order valence-corrected chi connectivity index (χ2v) is 9.45. The van der Waals surface area contributed by atoms with Gasteiger partial charge < -0.3 is 0 Å². The summed E-state index contributed by atoms with van der Waals surface area (Å²) >= 11 is 6.50. The van der Waals surface area contributed by atoms with Crippen LogP contribution in [0.3, 0.4) is 0 Å². The molecule has 1 amide bonds. The summed E-state index contributed by atoms with van der Waals surface area (Å²) in [5.74, 6) is 0.155. The maximum Gasteiger partial charge on any atom is 0.243 e. The van der Waals surface area contributed by atoms with Crippen LogP contribution in [0.2, 0.25) is 5.15 Å². The van der Waals surface area contributed by atoms with Crippen LogP contribution in [0.25, 0.3) is 5.69 Å². The molecule has 1 saturated carbocycles. The maximum absolute atomic E-state index is 12.5. The Labute approximate surface area is 188 Å². The number of nitrogens with one attached hydrogen (secondary N) is 1. The molecule has 0 saturated heterocycles. The van der Waals surface area contributed by atoms with Gasteiger partial charge in [0.05, 0.1) is 23.2 Å². The van der Waals surface area contributed by atoms with Gasteiger partial charge in [-0.3, -0.25) is 4.79 Å². The van der Waals surface area contributed by atoms with Gasteiger partial charge in [0, 0.05) is 5.92 Å². The first-order chi connectivity index (χ1) is 14.8. The Morgan fingerprint density at radius 2 is 1.84 bits per heavy atom. The smallest absolute Gasteiger partial charge is 0.243 e. The number of amides is 1. The van der Waals surface area contributed by atoms with E-state index in [4.69, 9.17) is 11.6 Å². The van der Waals surface area contributed by atoms with Crippen molar-refractivity contribution in [2.24, 2.45) is 11.0 Å². The average Bonchev–Trinajstić information content (AvgIpc) is 3.50. The van der Waals surface area contributed by atoms with Gasteiger partial charge in [-0.2, -0.15) is 10.2 Å². The molecule has 1 aliphatic rings. The number of para-hydroxylation sites is 1. The molecule has 160 valence electrons. The Kier molecular flexibility index (Phi) is 5.71. The van der Waals surface area contributed by atoms with E-state index in [9.17, 15) is 4.79 Å². The number of aryl methyl sites for hydroxylation is 1. The molecular formula is C25H27ClN4O. The number of halogens is 1. The van der Waals surface area contributed by atoms with Crippen LogP contribution in [-0.4, -0.2) is 21.9 Å². The van der Waals surface area contributed by atoms with Gasteiger partial charge in [0.15, 0.2) is 0 Å². The molecule has 6 heteroatoms. The summed E-state index contributed by atoms with van der Waals surface area (Å²) < 4.78 is 1.66. The van der Waals surface area contributed by atoms with E-state index in [0.29, 0.717) is 10.7 Å². The lowest BCUT2D eigenvalue weighted by atomic mass is 9.86. The van der Waals surface area contributed by atoms with Crippen molar-refractivity contribution in [3.05, 3.63) is 82.1 Å². The largest absolute Gasteiger partial charge is 0.273 e. The lowest BCUT2D eigenvalue weighted by molar-refractivity contribution is -0.122. The summed E-state index contributed by atoms with van der Waals surface area (Å²) in [7, 11) is 0. The van der Waals surface area contributed by atoms with Crippen LogP contribution in [0.5, 0.6) is 0 Å². The molecule has 4 rings (SSSR count). The molecular weight excluding hydrogens is 408 g/mol. The monoisotopic (exact) mass is 434 g/mol. The van der Waals surface area contributed by atoms with Gasteiger partial charge in [-0.15, -0.1) is 0 Å². The number of benzene rings is 2. The van der Waals surface area contributed by atoms with E-state index >= 15 is 0 Å². The SMILES string of the molecule is Cc1nn(-c2ccccc2)c(Cl)c1/C=N\NC(=O)[C@H]1C[C@@H]1c1ccc(C(C)(C)C)cc1. The van der Waals surface area contributed by atoms with Crippen molar-refractivity contribution < 1.29 is 4.79 Å². The van der Waals surface area contributed by atoms with Crippen LogP contribution >= 0.6 is 11.6 Å². The summed E-state index contributed by atoms with van der Waals surface area (Å²) in [6.07, 6.45) is 2.42. The van der Waals surface area contributed by atoms with Crippen molar-refractivity contribution in [3.8, 4) is 5.69 Å². The number of rotatable bonds is 5. The minimum atomic E-state index is -0.0645. The molecule has 0 spiro atoms. The predicted octanol–water partition coefficient (Wildman–Crippen LogP) is 5.39. The molecule has 1 fully saturated rings. The summed E-state index contributed by atoms with van der Waals surface area (Å²) in [6, 6.07) is 18.3. The van der Waals surface area contributed by atoms with Gasteiger partial charge in [0.25, 0.3) is 0 Å². The highest BCUT2D eigenvalue weighted by Gasteiger charge is 2.44. The molecule has 0 unspecified atom stereocenters. The van der Waals surface area contributed by atoms with E-state index in [1.807, 2.05) is 37.3 Å². The third-order valence-electron chi connectivity index (χ3n) is 5.75. The zero-order valence-corrected chi connectivity index (χ0v) is 19.0. The highest BCUT2D eigenvalue weighted by molar-refractivity contribution is 6.32. The molecule has 1 aliphatic carbocycles. The number of carbonyl (C=O) groups excluding carboxylic acids is 1. The zero-order valence-electron chi connectivity index (χ0n) is 18.3. The van der Waals surface area contributed by atoms with Crippen molar-refractivity contribution in [2.45, 2.75) is 45.4 Å². The lowest BCUT2D eigenvalue weighted by Gasteiger charge is -2.19. The first-order valence-corrected chi connectivity index (χ1v) is 10.9. The van der Waals surface area contributed by atoms with Crippen LogP contribution in [0, 0.1) is 12.8 Å². The van der Waals surface area contributed by atoms with Crippen LogP contribution in [0.4, 0.5) is 0 Å². The van der Waals surface area contributed by atoms with E-state index in [-0.39, 0.29) is 23.2 Å². The Morgan fingerprint density at radius 3 is 2.48 bits per heavy atom. The average molecular weight is 435 g/mol. The Bertz CT molecular complexity index is 1110. The van der Waals surface area contributed by atoms with Gasteiger partial charge >= 0.3 is 0 Å². The summed E-state index contributed by atoms with van der Waals surface area (Å²) in [5.41, 5.74) is 7.61. The Balaban J connectivity index is 1.38. The lowest BCUT2D eigenvalue weighted by Crippen LogP contribution is -2.20. The normalized spacial score (nSPS) is 18.4. The number of hydrogen-bond donors (Lipinski definition) is 1. The number of carbonyl (C=O) groups is 1. The first-order valence-electron chi connectivity index (χ1n) is 10.5. The van der Waals surface area contributed by atoms with Crippen molar-refractivity contribution in [1.29, 1.82) is 0 Å². The molecule has 5 nitrogen and oxygen atoms in total. The fourth-order valence-electron chi connectivity index (χ4n) is 3.72. The van der Waals surface area contributed by atoms with Gasteiger partial charge in [-0.1, -0.05) is 74.8 Å². The van der Waals surface area contributed by atoms with Gasteiger partial charge in [-0.25, -0.2) is 10.1 Å². The minimum absolute atomic E-state index is 0.0405. The van der Waals surface area contributed by atoms with Crippen LogP contribution in [-0.2, 0) is 10.2 Å². The number of aromatic nitrogens is 2. The van der Waals surface area contributed by atoms with E-state index in [1.54, 1.807) is 10.9 Å². The van der Waals surface area contributed by atoms with Crippen LogP contribution in [0.15, 0.2) is 59.7 Å². The topological polar surface area (TPSA) is 59.3 Å². The quantitative estimate of drug-likeness (QED) is 0.432. The molecule has 3 aromatic rings. The Morgan fingerprint density at radius 1 is 1.16 bits per heavy atom. The summed E-state index contributed by atoms with van der Waals surface area (Å²) in [4.78, 5) is 12.5. The Hall–Kier alpha value is -2.92. The zero-order chi connectivity index (χ0) is 22.2. The van der Waals surface area contributed by atoms with Crippen molar-refractivity contribution >= 4 is 23.7 Å². The van der Waals surface area contributed by atoms with E-state index in [0.717, 1.165) is 17.8 Å². The first kappa shape index (κ1) is 21.3.